The van der Waals surface area contributed by atoms with Crippen molar-refractivity contribution in [2.75, 3.05) is 11.4 Å². The van der Waals surface area contributed by atoms with Crippen LogP contribution < -0.4 is 9.62 Å². The normalized spacial score (nSPS) is 13.3. The zero-order valence-corrected chi connectivity index (χ0v) is 18.8. The van der Waals surface area contributed by atoms with Gasteiger partial charge in [-0.3, -0.25) is 4.79 Å². The fourth-order valence-electron chi connectivity index (χ4n) is 3.56. The highest BCUT2D eigenvalue weighted by Crippen LogP contribution is 2.30. The number of carbonyl (C=O) groups is 1. The van der Waals surface area contributed by atoms with Gasteiger partial charge in [0.1, 0.15) is 0 Å². The highest BCUT2D eigenvalue weighted by molar-refractivity contribution is 9.10. The van der Waals surface area contributed by atoms with Crippen molar-refractivity contribution in [2.45, 2.75) is 24.8 Å². The van der Waals surface area contributed by atoms with Crippen LogP contribution in [0, 0.1) is 6.92 Å². The number of hydrogen-bond donors (Lipinski definition) is 1. The van der Waals surface area contributed by atoms with E-state index in [0.717, 1.165) is 33.3 Å². The third-order valence-electron chi connectivity index (χ3n) is 5.15. The molecule has 7 heteroatoms. The van der Waals surface area contributed by atoms with Gasteiger partial charge in [0, 0.05) is 28.8 Å². The molecule has 1 amide bonds. The van der Waals surface area contributed by atoms with Gasteiger partial charge in [0.05, 0.1) is 4.90 Å². The molecule has 3 aromatic carbocycles. The second-order valence-corrected chi connectivity index (χ2v) is 10.0. The molecule has 0 atom stereocenters. The lowest BCUT2D eigenvalue weighted by molar-refractivity contribution is 0.0989. The van der Waals surface area contributed by atoms with Gasteiger partial charge in [-0.2, -0.15) is 0 Å². The molecule has 154 valence electrons. The Kier molecular flexibility index (Phi) is 5.77. The van der Waals surface area contributed by atoms with Gasteiger partial charge < -0.3 is 4.90 Å². The first-order valence-corrected chi connectivity index (χ1v) is 11.9. The summed E-state index contributed by atoms with van der Waals surface area (Å²) in [6.07, 6.45) is 0.789. The van der Waals surface area contributed by atoms with E-state index in [9.17, 15) is 13.2 Å². The van der Waals surface area contributed by atoms with Crippen LogP contribution >= 0.6 is 15.9 Å². The quantitative estimate of drug-likeness (QED) is 0.581. The first kappa shape index (κ1) is 20.8. The van der Waals surface area contributed by atoms with Crippen molar-refractivity contribution in [1.29, 1.82) is 0 Å². The van der Waals surface area contributed by atoms with E-state index in [1.807, 2.05) is 49.4 Å². The highest BCUT2D eigenvalue weighted by Gasteiger charge is 2.26. The molecule has 0 aliphatic carbocycles. The zero-order valence-electron chi connectivity index (χ0n) is 16.4. The smallest absolute Gasteiger partial charge is 0.258 e. The summed E-state index contributed by atoms with van der Waals surface area (Å²) >= 11 is 3.31. The molecule has 0 unspecified atom stereocenters. The van der Waals surface area contributed by atoms with Crippen LogP contribution in [0.5, 0.6) is 0 Å². The topological polar surface area (TPSA) is 66.5 Å². The van der Waals surface area contributed by atoms with Crippen LogP contribution in [0.2, 0.25) is 0 Å². The molecule has 1 heterocycles. The van der Waals surface area contributed by atoms with Gasteiger partial charge in [-0.15, -0.1) is 0 Å². The number of sulfonamides is 1. The molecule has 1 N–H and O–H groups in total. The Hall–Kier alpha value is -2.48. The standard InChI is InChI=1S/C23H21BrN2O3S/c1-16-3-2-4-19(13-16)23(27)26-12-11-18-6-5-17(14-22(18)26)15-25-30(28,29)21-9-7-20(24)8-10-21/h2-10,13-14,25H,11-12,15H2,1H3. The molecule has 0 saturated carbocycles. The number of carbonyl (C=O) groups excluding carboxylic acids is 1. The third kappa shape index (κ3) is 4.33. The van der Waals surface area contributed by atoms with E-state index < -0.39 is 10.0 Å². The Morgan fingerprint density at radius 2 is 1.83 bits per heavy atom. The molecule has 0 saturated heterocycles. The summed E-state index contributed by atoms with van der Waals surface area (Å²) in [6.45, 7) is 2.73. The predicted octanol–water partition coefficient (Wildman–Crippen LogP) is 4.44. The average molecular weight is 485 g/mol. The van der Waals surface area contributed by atoms with Gasteiger partial charge >= 0.3 is 0 Å². The molecular weight excluding hydrogens is 464 g/mol. The molecule has 1 aliphatic rings. The third-order valence-corrected chi connectivity index (χ3v) is 7.09. The number of nitrogens with one attached hydrogen (secondary N) is 1. The summed E-state index contributed by atoms with van der Waals surface area (Å²) in [4.78, 5) is 15.0. The van der Waals surface area contributed by atoms with Crippen molar-refractivity contribution in [2.24, 2.45) is 0 Å². The molecule has 5 nitrogen and oxygen atoms in total. The van der Waals surface area contributed by atoms with Crippen LogP contribution in [0.15, 0.2) is 76.1 Å². The largest absolute Gasteiger partial charge is 0.308 e. The molecule has 0 bridgehead atoms. The molecule has 0 fully saturated rings. The van der Waals surface area contributed by atoms with Gasteiger partial charge in [0.2, 0.25) is 10.0 Å². The predicted molar refractivity (Wildman–Crippen MR) is 121 cm³/mol. The minimum Gasteiger partial charge on any atom is -0.308 e. The maximum absolute atomic E-state index is 13.0. The van der Waals surface area contributed by atoms with E-state index >= 15 is 0 Å². The van der Waals surface area contributed by atoms with Crippen LogP contribution in [0.3, 0.4) is 0 Å². The molecule has 0 spiro atoms. The lowest BCUT2D eigenvalue weighted by atomic mass is 10.1. The van der Waals surface area contributed by atoms with Crippen molar-refractivity contribution in [3.63, 3.8) is 0 Å². The Labute approximate surface area is 184 Å². The number of rotatable bonds is 5. The maximum atomic E-state index is 13.0. The number of halogens is 1. The van der Waals surface area contributed by atoms with Gasteiger partial charge in [0.25, 0.3) is 5.91 Å². The van der Waals surface area contributed by atoms with Gasteiger partial charge in [0.15, 0.2) is 0 Å². The Balaban J connectivity index is 1.53. The van der Waals surface area contributed by atoms with Crippen LogP contribution in [-0.2, 0) is 23.0 Å². The number of benzene rings is 3. The minimum absolute atomic E-state index is 0.0370. The fourth-order valence-corrected chi connectivity index (χ4v) is 4.84. The number of hydrogen-bond acceptors (Lipinski definition) is 3. The molecule has 0 aromatic heterocycles. The Morgan fingerprint density at radius 3 is 2.57 bits per heavy atom. The van der Waals surface area contributed by atoms with Gasteiger partial charge in [-0.1, -0.05) is 45.8 Å². The molecular formula is C23H21BrN2O3S. The number of aryl methyl sites for hydroxylation is 1. The summed E-state index contributed by atoms with van der Waals surface area (Å²) < 4.78 is 28.6. The first-order chi connectivity index (χ1) is 14.3. The second-order valence-electron chi connectivity index (χ2n) is 7.32. The van der Waals surface area contributed by atoms with Crippen molar-refractivity contribution in [1.82, 2.24) is 4.72 Å². The van der Waals surface area contributed by atoms with E-state index in [-0.39, 0.29) is 17.3 Å². The van der Waals surface area contributed by atoms with E-state index in [4.69, 9.17) is 0 Å². The van der Waals surface area contributed by atoms with Crippen LogP contribution in [0.4, 0.5) is 5.69 Å². The number of amides is 1. The zero-order chi connectivity index (χ0) is 21.3. The van der Waals surface area contributed by atoms with E-state index in [0.29, 0.717) is 12.1 Å². The minimum atomic E-state index is -3.62. The number of anilines is 1. The molecule has 1 aliphatic heterocycles. The summed E-state index contributed by atoms with van der Waals surface area (Å²) in [6, 6.07) is 19.8. The highest BCUT2D eigenvalue weighted by atomic mass is 79.9. The van der Waals surface area contributed by atoms with Crippen molar-refractivity contribution in [3.05, 3.63) is 93.5 Å². The summed E-state index contributed by atoms with van der Waals surface area (Å²) in [5.41, 5.74) is 4.44. The van der Waals surface area contributed by atoms with Crippen molar-refractivity contribution < 1.29 is 13.2 Å². The molecule has 30 heavy (non-hydrogen) atoms. The van der Waals surface area contributed by atoms with E-state index in [1.165, 1.54) is 0 Å². The molecule has 0 radical (unpaired) electrons. The number of fused-ring (bicyclic) bond motifs is 1. The van der Waals surface area contributed by atoms with Crippen molar-refractivity contribution in [3.8, 4) is 0 Å². The summed E-state index contributed by atoms with van der Waals surface area (Å²) in [5.74, 6) is -0.0370. The first-order valence-electron chi connectivity index (χ1n) is 9.59. The average Bonchev–Trinajstić information content (AvgIpc) is 3.15. The van der Waals surface area contributed by atoms with E-state index in [1.54, 1.807) is 29.2 Å². The van der Waals surface area contributed by atoms with Crippen LogP contribution in [0.1, 0.15) is 27.0 Å². The maximum Gasteiger partial charge on any atom is 0.258 e. The summed E-state index contributed by atoms with van der Waals surface area (Å²) in [7, 11) is -3.62. The van der Waals surface area contributed by atoms with Crippen LogP contribution in [-0.4, -0.2) is 20.9 Å². The van der Waals surface area contributed by atoms with E-state index in [2.05, 4.69) is 20.7 Å². The monoisotopic (exact) mass is 484 g/mol. The number of nitrogens with zero attached hydrogens (tertiary/aromatic N) is 1. The molecule has 4 rings (SSSR count). The molecule has 3 aromatic rings. The lowest BCUT2D eigenvalue weighted by Crippen LogP contribution is -2.29. The second kappa shape index (κ2) is 8.34. The lowest BCUT2D eigenvalue weighted by Gasteiger charge is -2.18. The van der Waals surface area contributed by atoms with Crippen LogP contribution in [0.25, 0.3) is 0 Å². The van der Waals surface area contributed by atoms with Gasteiger partial charge in [-0.25, -0.2) is 13.1 Å². The van der Waals surface area contributed by atoms with Crippen molar-refractivity contribution >= 4 is 37.5 Å². The summed E-state index contributed by atoms with van der Waals surface area (Å²) in [5, 5.41) is 0. The fraction of sp³-hybridized carbons (Fsp3) is 0.174. The van der Waals surface area contributed by atoms with Gasteiger partial charge in [-0.05, 0) is 66.9 Å². The Bertz CT molecular complexity index is 1210. The SMILES string of the molecule is Cc1cccc(C(=O)N2CCc3ccc(CNS(=O)(=O)c4ccc(Br)cc4)cc32)c1. The Morgan fingerprint density at radius 1 is 1.07 bits per heavy atom.